The number of aliphatic hydroxyl groups is 2. The smallest absolute Gasteiger partial charge is 0.318 e. The van der Waals surface area contributed by atoms with Gasteiger partial charge in [-0.05, 0) is 18.2 Å². The molecule has 0 aliphatic rings. The highest BCUT2D eigenvalue weighted by Gasteiger charge is 2.09. The molecule has 1 aromatic carbocycles. The van der Waals surface area contributed by atoms with Gasteiger partial charge in [0, 0.05) is 11.8 Å². The van der Waals surface area contributed by atoms with E-state index < -0.39 is 12.7 Å². The number of carbonyl (C=O) groups excluding carboxylic acids is 1. The normalized spacial score (nSPS) is 11.7. The lowest BCUT2D eigenvalue weighted by atomic mass is 10.2. The van der Waals surface area contributed by atoms with Gasteiger partial charge in [-0.2, -0.15) is 4.98 Å². The zero-order valence-electron chi connectivity index (χ0n) is 11.1. The summed E-state index contributed by atoms with van der Waals surface area (Å²) in [5, 5.41) is 20.5. The molecule has 1 amide bonds. The van der Waals surface area contributed by atoms with Crippen LogP contribution in [0.4, 0.5) is 5.82 Å². The van der Waals surface area contributed by atoms with Crippen molar-refractivity contribution in [2.75, 3.05) is 18.5 Å². The zero-order chi connectivity index (χ0) is 15.1. The van der Waals surface area contributed by atoms with Crippen LogP contribution in [0.25, 0.3) is 0 Å². The van der Waals surface area contributed by atoms with Crippen molar-refractivity contribution in [3.63, 3.8) is 0 Å². The van der Waals surface area contributed by atoms with E-state index >= 15 is 0 Å². The van der Waals surface area contributed by atoms with Gasteiger partial charge in [-0.15, -0.1) is 0 Å². The van der Waals surface area contributed by atoms with Crippen molar-refractivity contribution >= 4 is 11.7 Å². The highest BCUT2D eigenvalue weighted by molar-refractivity contribution is 6.03. The van der Waals surface area contributed by atoms with E-state index in [0.29, 0.717) is 5.56 Å². The monoisotopic (exact) mass is 289 g/mol. The Morgan fingerprint density at radius 3 is 2.76 bits per heavy atom. The van der Waals surface area contributed by atoms with Crippen molar-refractivity contribution < 1.29 is 19.7 Å². The Bertz CT molecular complexity index is 592. The highest BCUT2D eigenvalue weighted by atomic mass is 16.5. The molecule has 7 nitrogen and oxygen atoms in total. The number of aliphatic hydroxyl groups excluding tert-OH is 2. The van der Waals surface area contributed by atoms with E-state index in [1.165, 1.54) is 12.3 Å². The Hall–Kier alpha value is -2.51. The zero-order valence-corrected chi connectivity index (χ0v) is 11.1. The molecule has 0 aliphatic heterocycles. The maximum absolute atomic E-state index is 12.0. The van der Waals surface area contributed by atoms with Crippen molar-refractivity contribution in [1.29, 1.82) is 0 Å². The average molecular weight is 289 g/mol. The third-order valence-corrected chi connectivity index (χ3v) is 2.53. The van der Waals surface area contributed by atoms with Gasteiger partial charge in [0.25, 0.3) is 5.91 Å². The number of nitrogens with one attached hydrogen (secondary N) is 1. The lowest BCUT2D eigenvalue weighted by Crippen LogP contribution is -2.22. The van der Waals surface area contributed by atoms with Crippen molar-refractivity contribution in [1.82, 2.24) is 9.97 Å². The molecular formula is C14H15N3O4. The summed E-state index contributed by atoms with van der Waals surface area (Å²) in [7, 11) is 0. The number of benzene rings is 1. The molecule has 2 rings (SSSR count). The molecular weight excluding hydrogens is 274 g/mol. The summed E-state index contributed by atoms with van der Waals surface area (Å²) in [6.07, 6.45) is 0.421. The Labute approximate surface area is 121 Å². The number of aromatic nitrogens is 2. The van der Waals surface area contributed by atoms with Crippen molar-refractivity contribution in [2.24, 2.45) is 0 Å². The van der Waals surface area contributed by atoms with Crippen LogP contribution in [-0.2, 0) is 0 Å². The summed E-state index contributed by atoms with van der Waals surface area (Å²) in [4.78, 5) is 19.8. The van der Waals surface area contributed by atoms with Crippen molar-refractivity contribution in [3.8, 4) is 6.01 Å². The summed E-state index contributed by atoms with van der Waals surface area (Å²) in [6, 6.07) is 10.3. The third kappa shape index (κ3) is 4.51. The Morgan fingerprint density at radius 2 is 2.05 bits per heavy atom. The number of rotatable bonds is 6. The van der Waals surface area contributed by atoms with Crippen LogP contribution in [0.15, 0.2) is 42.6 Å². The summed E-state index contributed by atoms with van der Waals surface area (Å²) in [5.41, 5.74) is 0.509. The summed E-state index contributed by atoms with van der Waals surface area (Å²) >= 11 is 0. The minimum Gasteiger partial charge on any atom is -0.461 e. The van der Waals surface area contributed by atoms with Crippen molar-refractivity contribution in [2.45, 2.75) is 6.10 Å². The van der Waals surface area contributed by atoms with Gasteiger partial charge in [0.2, 0.25) is 0 Å². The van der Waals surface area contributed by atoms with Crippen LogP contribution in [0, 0.1) is 0 Å². The van der Waals surface area contributed by atoms with Gasteiger partial charge in [0.15, 0.2) is 0 Å². The van der Waals surface area contributed by atoms with Crippen LogP contribution >= 0.6 is 0 Å². The van der Waals surface area contributed by atoms with Crippen LogP contribution < -0.4 is 10.1 Å². The average Bonchev–Trinajstić information content (AvgIpc) is 2.53. The van der Waals surface area contributed by atoms with E-state index in [4.69, 9.17) is 9.84 Å². The standard InChI is InChI=1S/C14H15N3O4/c18-8-11(19)9-21-14-15-7-6-12(17-14)16-13(20)10-4-2-1-3-5-10/h1-7,11,18-19H,8-9H2,(H,15,16,17,20). The number of amides is 1. The second-order valence-electron chi connectivity index (χ2n) is 4.19. The minimum atomic E-state index is -1.00. The number of hydrogen-bond donors (Lipinski definition) is 3. The van der Waals surface area contributed by atoms with Crippen LogP contribution in [0.3, 0.4) is 0 Å². The fourth-order valence-corrected chi connectivity index (χ4v) is 1.48. The van der Waals surface area contributed by atoms with Gasteiger partial charge in [-0.25, -0.2) is 4.98 Å². The Morgan fingerprint density at radius 1 is 1.29 bits per heavy atom. The first-order chi connectivity index (χ1) is 10.2. The van der Waals surface area contributed by atoms with Crippen molar-refractivity contribution in [3.05, 3.63) is 48.2 Å². The van der Waals surface area contributed by atoms with E-state index in [0.717, 1.165) is 0 Å². The molecule has 0 aliphatic carbocycles. The molecule has 0 saturated heterocycles. The first-order valence-electron chi connectivity index (χ1n) is 6.30. The quantitative estimate of drug-likeness (QED) is 0.713. The molecule has 1 unspecified atom stereocenters. The molecule has 0 fully saturated rings. The number of anilines is 1. The van der Waals surface area contributed by atoms with Crippen LogP contribution in [0.5, 0.6) is 6.01 Å². The first-order valence-corrected chi connectivity index (χ1v) is 6.30. The molecule has 1 atom stereocenters. The summed E-state index contributed by atoms with van der Waals surface area (Å²) in [5.74, 6) is -0.0111. The Kier molecular flexibility index (Phi) is 5.19. The van der Waals surface area contributed by atoms with E-state index in [1.54, 1.807) is 24.3 Å². The van der Waals surface area contributed by atoms with Gasteiger partial charge in [-0.3, -0.25) is 4.79 Å². The molecule has 21 heavy (non-hydrogen) atoms. The van der Waals surface area contributed by atoms with Gasteiger partial charge in [-0.1, -0.05) is 18.2 Å². The van der Waals surface area contributed by atoms with E-state index in [1.807, 2.05) is 6.07 Å². The SMILES string of the molecule is O=C(Nc1ccnc(OCC(O)CO)n1)c1ccccc1. The number of hydrogen-bond acceptors (Lipinski definition) is 6. The lowest BCUT2D eigenvalue weighted by molar-refractivity contribution is 0.0505. The molecule has 3 N–H and O–H groups in total. The maximum atomic E-state index is 12.0. The fourth-order valence-electron chi connectivity index (χ4n) is 1.48. The van der Waals surface area contributed by atoms with Gasteiger partial charge >= 0.3 is 6.01 Å². The third-order valence-electron chi connectivity index (χ3n) is 2.53. The molecule has 7 heteroatoms. The Balaban J connectivity index is 1.99. The van der Waals surface area contributed by atoms with Crippen LogP contribution in [0.1, 0.15) is 10.4 Å². The molecule has 1 heterocycles. The molecule has 1 aromatic heterocycles. The molecule has 2 aromatic rings. The summed E-state index contributed by atoms with van der Waals surface area (Å²) in [6.45, 7) is -0.545. The highest BCUT2D eigenvalue weighted by Crippen LogP contribution is 2.10. The minimum absolute atomic E-state index is 0.00774. The van der Waals surface area contributed by atoms with Gasteiger partial charge in [0.1, 0.15) is 18.5 Å². The topological polar surface area (TPSA) is 105 Å². The molecule has 0 saturated carbocycles. The largest absolute Gasteiger partial charge is 0.461 e. The maximum Gasteiger partial charge on any atom is 0.318 e. The van der Waals surface area contributed by atoms with Gasteiger partial charge < -0.3 is 20.3 Å². The van der Waals surface area contributed by atoms with E-state index in [9.17, 15) is 9.90 Å². The number of nitrogens with zero attached hydrogens (tertiary/aromatic N) is 2. The molecule has 0 spiro atoms. The van der Waals surface area contributed by atoms with E-state index in [2.05, 4.69) is 15.3 Å². The number of ether oxygens (including phenoxy) is 1. The molecule has 0 radical (unpaired) electrons. The lowest BCUT2D eigenvalue weighted by Gasteiger charge is -2.09. The van der Waals surface area contributed by atoms with Crippen LogP contribution in [0.2, 0.25) is 0 Å². The second-order valence-corrected chi connectivity index (χ2v) is 4.19. The molecule has 110 valence electrons. The number of carbonyl (C=O) groups is 1. The first kappa shape index (κ1) is 14.9. The molecule has 0 bridgehead atoms. The predicted molar refractivity (Wildman–Crippen MR) is 75.0 cm³/mol. The van der Waals surface area contributed by atoms with Crippen LogP contribution in [-0.4, -0.2) is 45.4 Å². The van der Waals surface area contributed by atoms with Gasteiger partial charge in [0.05, 0.1) is 6.61 Å². The predicted octanol–water partition coefficient (Wildman–Crippen LogP) is 0.461. The fraction of sp³-hybridized carbons (Fsp3) is 0.214. The summed E-state index contributed by atoms with van der Waals surface area (Å²) < 4.78 is 5.10. The second kappa shape index (κ2) is 7.32. The van der Waals surface area contributed by atoms with E-state index in [-0.39, 0.29) is 24.3 Å².